The molecule has 1 atom stereocenters. The van der Waals surface area contributed by atoms with Crippen molar-refractivity contribution in [2.45, 2.75) is 25.3 Å². The SMILES string of the molecule is Nc1cccc(Br)c1C1CCCCN1. The van der Waals surface area contributed by atoms with Crippen LogP contribution in [0.1, 0.15) is 30.9 Å². The first-order valence-corrected chi connectivity index (χ1v) is 5.85. The number of halogens is 1. The van der Waals surface area contributed by atoms with Gasteiger partial charge < -0.3 is 11.1 Å². The number of hydrogen-bond acceptors (Lipinski definition) is 2. The Kier molecular flexibility index (Phi) is 3.08. The first kappa shape index (κ1) is 9.99. The summed E-state index contributed by atoms with van der Waals surface area (Å²) in [5.41, 5.74) is 8.10. The van der Waals surface area contributed by atoms with Crippen LogP contribution in [0.3, 0.4) is 0 Å². The van der Waals surface area contributed by atoms with Gasteiger partial charge in [0.1, 0.15) is 0 Å². The van der Waals surface area contributed by atoms with Crippen molar-refractivity contribution >= 4 is 21.6 Å². The molecule has 1 heterocycles. The highest BCUT2D eigenvalue weighted by atomic mass is 79.9. The first-order valence-electron chi connectivity index (χ1n) is 5.06. The number of piperidine rings is 1. The summed E-state index contributed by atoms with van der Waals surface area (Å²) >= 11 is 3.56. The van der Waals surface area contributed by atoms with Gasteiger partial charge in [0, 0.05) is 21.8 Å². The Morgan fingerprint density at radius 3 is 2.86 bits per heavy atom. The monoisotopic (exact) mass is 254 g/mol. The van der Waals surface area contributed by atoms with Gasteiger partial charge in [0.05, 0.1) is 0 Å². The van der Waals surface area contributed by atoms with E-state index in [1.165, 1.54) is 24.8 Å². The molecule has 0 saturated carbocycles. The molecule has 0 amide bonds. The quantitative estimate of drug-likeness (QED) is 0.757. The lowest BCUT2D eigenvalue weighted by Gasteiger charge is -2.25. The Balaban J connectivity index is 2.29. The molecule has 3 N–H and O–H groups in total. The summed E-state index contributed by atoms with van der Waals surface area (Å²) < 4.78 is 1.12. The molecule has 3 heteroatoms. The minimum absolute atomic E-state index is 0.430. The largest absolute Gasteiger partial charge is 0.398 e. The predicted octanol–water partition coefficient (Wildman–Crippen LogP) is 2.85. The van der Waals surface area contributed by atoms with E-state index in [1.54, 1.807) is 0 Å². The smallest absolute Gasteiger partial charge is 0.0373 e. The van der Waals surface area contributed by atoms with Crippen LogP contribution in [0.15, 0.2) is 22.7 Å². The Labute approximate surface area is 93.0 Å². The summed E-state index contributed by atoms with van der Waals surface area (Å²) in [6.07, 6.45) is 3.76. The molecule has 1 aromatic rings. The molecule has 0 spiro atoms. The minimum atomic E-state index is 0.430. The molecule has 0 radical (unpaired) electrons. The van der Waals surface area contributed by atoms with Crippen molar-refractivity contribution in [1.82, 2.24) is 5.32 Å². The van der Waals surface area contributed by atoms with Crippen molar-refractivity contribution in [3.8, 4) is 0 Å². The van der Waals surface area contributed by atoms with Crippen molar-refractivity contribution in [2.75, 3.05) is 12.3 Å². The van der Waals surface area contributed by atoms with E-state index in [9.17, 15) is 0 Å². The predicted molar refractivity (Wildman–Crippen MR) is 63.1 cm³/mol. The fourth-order valence-corrected chi connectivity index (χ4v) is 2.68. The van der Waals surface area contributed by atoms with Gasteiger partial charge in [-0.2, -0.15) is 0 Å². The van der Waals surface area contributed by atoms with Crippen molar-refractivity contribution in [1.29, 1.82) is 0 Å². The number of nitrogen functional groups attached to an aromatic ring is 1. The lowest BCUT2D eigenvalue weighted by Crippen LogP contribution is -2.27. The Bertz CT molecular complexity index is 299. The summed E-state index contributed by atoms with van der Waals surface area (Å²) in [5.74, 6) is 0. The van der Waals surface area contributed by atoms with Crippen LogP contribution in [-0.2, 0) is 0 Å². The van der Waals surface area contributed by atoms with E-state index in [0.717, 1.165) is 16.7 Å². The van der Waals surface area contributed by atoms with Crippen molar-refractivity contribution in [2.24, 2.45) is 0 Å². The summed E-state index contributed by atoms with van der Waals surface area (Å²) in [7, 11) is 0. The molecule has 1 fully saturated rings. The van der Waals surface area contributed by atoms with E-state index in [1.807, 2.05) is 12.1 Å². The molecule has 2 rings (SSSR count). The van der Waals surface area contributed by atoms with Gasteiger partial charge in [-0.25, -0.2) is 0 Å². The highest BCUT2D eigenvalue weighted by molar-refractivity contribution is 9.10. The molecule has 1 aliphatic heterocycles. The zero-order valence-corrected chi connectivity index (χ0v) is 9.68. The molecule has 1 aliphatic rings. The zero-order chi connectivity index (χ0) is 9.97. The summed E-state index contributed by atoms with van der Waals surface area (Å²) in [4.78, 5) is 0. The van der Waals surface area contributed by atoms with Gasteiger partial charge >= 0.3 is 0 Å². The van der Waals surface area contributed by atoms with Crippen molar-refractivity contribution in [3.63, 3.8) is 0 Å². The number of nitrogens with two attached hydrogens (primary N) is 1. The maximum absolute atomic E-state index is 5.98. The number of nitrogens with one attached hydrogen (secondary N) is 1. The second-order valence-electron chi connectivity index (χ2n) is 3.75. The van der Waals surface area contributed by atoms with Gasteiger partial charge in [-0.1, -0.05) is 28.4 Å². The lowest BCUT2D eigenvalue weighted by molar-refractivity contribution is 0.412. The van der Waals surface area contributed by atoms with E-state index in [0.29, 0.717) is 6.04 Å². The van der Waals surface area contributed by atoms with Crippen LogP contribution in [-0.4, -0.2) is 6.54 Å². The number of rotatable bonds is 1. The zero-order valence-electron chi connectivity index (χ0n) is 8.09. The average Bonchev–Trinajstić information content (AvgIpc) is 2.19. The van der Waals surface area contributed by atoms with Crippen LogP contribution in [0.5, 0.6) is 0 Å². The maximum Gasteiger partial charge on any atom is 0.0373 e. The minimum Gasteiger partial charge on any atom is -0.398 e. The van der Waals surface area contributed by atoms with E-state index in [2.05, 4.69) is 27.3 Å². The first-order chi connectivity index (χ1) is 6.79. The van der Waals surface area contributed by atoms with Crippen molar-refractivity contribution in [3.05, 3.63) is 28.2 Å². The Morgan fingerprint density at radius 1 is 1.36 bits per heavy atom. The van der Waals surface area contributed by atoms with Gasteiger partial charge in [-0.15, -0.1) is 0 Å². The third kappa shape index (κ3) is 1.93. The van der Waals surface area contributed by atoms with E-state index in [-0.39, 0.29) is 0 Å². The molecule has 76 valence electrons. The Morgan fingerprint density at radius 2 is 2.21 bits per heavy atom. The molecular weight excluding hydrogens is 240 g/mol. The number of benzene rings is 1. The van der Waals surface area contributed by atoms with Gasteiger partial charge in [0.25, 0.3) is 0 Å². The van der Waals surface area contributed by atoms with Crippen LogP contribution >= 0.6 is 15.9 Å². The van der Waals surface area contributed by atoms with Crippen LogP contribution in [0.2, 0.25) is 0 Å². The van der Waals surface area contributed by atoms with Crippen LogP contribution in [0.25, 0.3) is 0 Å². The average molecular weight is 255 g/mol. The molecule has 1 unspecified atom stereocenters. The van der Waals surface area contributed by atoms with Gasteiger partial charge in [0.15, 0.2) is 0 Å². The van der Waals surface area contributed by atoms with Crippen molar-refractivity contribution < 1.29 is 0 Å². The standard InChI is InChI=1S/C11H15BrN2/c12-8-4-3-5-9(13)11(8)10-6-1-2-7-14-10/h3-5,10,14H,1-2,6-7,13H2. The van der Waals surface area contributed by atoms with Gasteiger partial charge in [-0.3, -0.25) is 0 Å². The highest BCUT2D eigenvalue weighted by Gasteiger charge is 2.18. The molecule has 0 aromatic heterocycles. The van der Waals surface area contributed by atoms with Crippen LogP contribution < -0.4 is 11.1 Å². The van der Waals surface area contributed by atoms with E-state index >= 15 is 0 Å². The molecule has 0 bridgehead atoms. The molecule has 14 heavy (non-hydrogen) atoms. The highest BCUT2D eigenvalue weighted by Crippen LogP contribution is 2.33. The third-order valence-corrected chi connectivity index (χ3v) is 3.44. The summed E-state index contributed by atoms with van der Waals surface area (Å²) in [5, 5.41) is 3.51. The molecular formula is C11H15BrN2. The molecule has 1 saturated heterocycles. The van der Waals surface area contributed by atoms with Gasteiger partial charge in [-0.05, 0) is 31.5 Å². The number of anilines is 1. The number of hydrogen-bond donors (Lipinski definition) is 2. The topological polar surface area (TPSA) is 38.0 Å². The maximum atomic E-state index is 5.98. The second kappa shape index (κ2) is 4.32. The van der Waals surface area contributed by atoms with E-state index < -0.39 is 0 Å². The van der Waals surface area contributed by atoms with E-state index in [4.69, 9.17) is 5.73 Å². The molecule has 1 aromatic carbocycles. The third-order valence-electron chi connectivity index (χ3n) is 2.75. The fraction of sp³-hybridized carbons (Fsp3) is 0.455. The van der Waals surface area contributed by atoms with Gasteiger partial charge in [0.2, 0.25) is 0 Å². The normalized spacial score (nSPS) is 22.2. The fourth-order valence-electron chi connectivity index (χ4n) is 2.02. The Hall–Kier alpha value is -0.540. The molecule has 2 nitrogen and oxygen atoms in total. The van der Waals surface area contributed by atoms with Crippen LogP contribution in [0, 0.1) is 0 Å². The second-order valence-corrected chi connectivity index (χ2v) is 4.60. The summed E-state index contributed by atoms with van der Waals surface area (Å²) in [6, 6.07) is 6.43. The van der Waals surface area contributed by atoms with Crippen LogP contribution in [0.4, 0.5) is 5.69 Å². The summed E-state index contributed by atoms with van der Waals surface area (Å²) in [6.45, 7) is 1.10. The molecule has 0 aliphatic carbocycles. The lowest BCUT2D eigenvalue weighted by atomic mass is 9.96.